The Morgan fingerprint density at radius 1 is 0.885 bits per heavy atom. The van der Waals surface area contributed by atoms with Gasteiger partial charge in [0, 0.05) is 50.8 Å². The van der Waals surface area contributed by atoms with Gasteiger partial charge in [-0.3, -0.25) is 9.80 Å². The molecule has 0 aliphatic carbocycles. The second kappa shape index (κ2) is 14.3. The highest BCUT2D eigenvalue weighted by Crippen LogP contribution is 2.12. The Kier molecular flexibility index (Phi) is 12.8. The second-order valence-corrected chi connectivity index (χ2v) is 6.39. The number of morpholine rings is 2. The Morgan fingerprint density at radius 2 is 1.38 bits per heavy atom. The number of alkyl halides is 1. The zero-order chi connectivity index (χ0) is 17.7. The molecule has 0 amide bonds. The molecule has 1 aromatic rings. The van der Waals surface area contributed by atoms with E-state index >= 15 is 0 Å². The van der Waals surface area contributed by atoms with Crippen molar-refractivity contribution in [3.8, 4) is 5.75 Å². The van der Waals surface area contributed by atoms with Gasteiger partial charge in [-0.15, -0.1) is 24.0 Å². The molecule has 26 heavy (non-hydrogen) atoms. The topological polar surface area (TPSA) is 60.2 Å². The number of hydrogen-bond donors (Lipinski definition) is 1. The molecule has 6 nitrogen and oxygen atoms in total. The molecule has 0 spiro atoms. The normalized spacial score (nSPS) is 18.3. The monoisotopic (exact) mass is 407 g/mol. The summed E-state index contributed by atoms with van der Waals surface area (Å²) < 4.78 is 16.1. The number of halogens is 2. The van der Waals surface area contributed by atoms with Gasteiger partial charge in [0.25, 0.3) is 0 Å². The van der Waals surface area contributed by atoms with Crippen LogP contribution >= 0.6 is 24.0 Å². The van der Waals surface area contributed by atoms with Gasteiger partial charge >= 0.3 is 0 Å². The Morgan fingerprint density at radius 3 is 1.88 bits per heavy atom. The summed E-state index contributed by atoms with van der Waals surface area (Å²) in [5.74, 6) is 1.61. The third-order valence-electron chi connectivity index (χ3n) is 4.16. The highest BCUT2D eigenvalue weighted by atomic mass is 35.5. The number of hydrogen-bond acceptors (Lipinski definition) is 6. The third-order valence-corrected chi connectivity index (χ3v) is 4.33. The predicted molar refractivity (Wildman–Crippen MR) is 109 cm³/mol. The lowest BCUT2D eigenvalue weighted by Gasteiger charge is -2.26. The summed E-state index contributed by atoms with van der Waals surface area (Å²) in [5, 5.41) is 0. The molecule has 0 radical (unpaired) electrons. The SMILES string of the molecule is Cl.ClCCN1CCOCC1.Nc1ccc(OCCN2CCOCC2)cc1. The van der Waals surface area contributed by atoms with Crippen molar-refractivity contribution in [3.63, 3.8) is 0 Å². The average Bonchev–Trinajstić information content (AvgIpc) is 2.66. The average molecular weight is 408 g/mol. The zero-order valence-electron chi connectivity index (χ0n) is 15.3. The lowest BCUT2D eigenvalue weighted by molar-refractivity contribution is 0.0322. The number of anilines is 1. The summed E-state index contributed by atoms with van der Waals surface area (Å²) in [5.41, 5.74) is 6.36. The first-order valence-electron chi connectivity index (χ1n) is 8.92. The summed E-state index contributed by atoms with van der Waals surface area (Å²) in [6.07, 6.45) is 0. The summed E-state index contributed by atoms with van der Waals surface area (Å²) >= 11 is 5.55. The molecule has 0 unspecified atom stereocenters. The quantitative estimate of drug-likeness (QED) is 0.574. The summed E-state index contributed by atoms with van der Waals surface area (Å²) in [7, 11) is 0. The first-order chi connectivity index (χ1) is 12.3. The van der Waals surface area contributed by atoms with Gasteiger partial charge in [-0.1, -0.05) is 0 Å². The van der Waals surface area contributed by atoms with E-state index in [1.807, 2.05) is 24.3 Å². The lowest BCUT2D eigenvalue weighted by Crippen LogP contribution is -2.38. The lowest BCUT2D eigenvalue weighted by atomic mass is 10.3. The van der Waals surface area contributed by atoms with E-state index in [0.29, 0.717) is 6.61 Å². The van der Waals surface area contributed by atoms with E-state index in [1.165, 1.54) is 0 Å². The molecule has 150 valence electrons. The van der Waals surface area contributed by atoms with Crippen LogP contribution in [0.15, 0.2) is 24.3 Å². The van der Waals surface area contributed by atoms with Gasteiger partial charge in [0.05, 0.1) is 26.4 Å². The standard InChI is InChI=1S/C12H18N2O2.C6H12ClNO.ClH/c13-11-1-3-12(4-2-11)16-10-7-14-5-8-15-9-6-14;7-1-2-8-3-5-9-6-4-8;/h1-4H,5-10,13H2;1-6H2;1H. The van der Waals surface area contributed by atoms with Gasteiger partial charge in [-0.05, 0) is 24.3 Å². The number of ether oxygens (including phenoxy) is 3. The fraction of sp³-hybridized carbons (Fsp3) is 0.667. The molecular weight excluding hydrogens is 377 g/mol. The van der Waals surface area contributed by atoms with Crippen LogP contribution in [0, 0.1) is 0 Å². The van der Waals surface area contributed by atoms with Crippen molar-refractivity contribution in [3.05, 3.63) is 24.3 Å². The van der Waals surface area contributed by atoms with Crippen LogP contribution in [-0.4, -0.2) is 88.0 Å². The van der Waals surface area contributed by atoms with E-state index in [0.717, 1.165) is 83.0 Å². The van der Waals surface area contributed by atoms with Gasteiger partial charge in [-0.25, -0.2) is 0 Å². The maximum atomic E-state index is 5.63. The molecule has 2 aliphatic rings. The summed E-state index contributed by atoms with van der Waals surface area (Å²) in [4.78, 5) is 4.66. The number of nitrogens with two attached hydrogens (primary N) is 1. The largest absolute Gasteiger partial charge is 0.492 e. The molecule has 0 atom stereocenters. The Bertz CT molecular complexity index is 451. The number of benzene rings is 1. The van der Waals surface area contributed by atoms with Crippen molar-refractivity contribution < 1.29 is 14.2 Å². The molecular formula is C18H31Cl2N3O3. The van der Waals surface area contributed by atoms with E-state index in [4.69, 9.17) is 31.5 Å². The Hall–Kier alpha value is -0.760. The van der Waals surface area contributed by atoms with Crippen molar-refractivity contribution in [2.75, 3.05) is 83.9 Å². The zero-order valence-corrected chi connectivity index (χ0v) is 16.8. The fourth-order valence-electron chi connectivity index (χ4n) is 2.63. The van der Waals surface area contributed by atoms with Crippen LogP contribution in [0.2, 0.25) is 0 Å². The van der Waals surface area contributed by atoms with E-state index in [2.05, 4.69) is 9.80 Å². The molecule has 0 bridgehead atoms. The Labute approximate surface area is 167 Å². The highest BCUT2D eigenvalue weighted by Gasteiger charge is 2.09. The van der Waals surface area contributed by atoms with Crippen LogP contribution in [0.25, 0.3) is 0 Å². The van der Waals surface area contributed by atoms with Gasteiger partial charge in [0.2, 0.25) is 0 Å². The van der Waals surface area contributed by atoms with Crippen LogP contribution in [0.5, 0.6) is 5.75 Å². The number of nitrogen functional groups attached to an aromatic ring is 1. The van der Waals surface area contributed by atoms with Crippen LogP contribution in [-0.2, 0) is 9.47 Å². The van der Waals surface area contributed by atoms with Crippen molar-refractivity contribution in [2.24, 2.45) is 0 Å². The maximum Gasteiger partial charge on any atom is 0.119 e. The van der Waals surface area contributed by atoms with E-state index in [9.17, 15) is 0 Å². The number of rotatable bonds is 6. The molecule has 2 saturated heterocycles. The van der Waals surface area contributed by atoms with E-state index < -0.39 is 0 Å². The first kappa shape index (κ1) is 23.3. The van der Waals surface area contributed by atoms with Crippen molar-refractivity contribution in [1.82, 2.24) is 9.80 Å². The molecule has 2 heterocycles. The van der Waals surface area contributed by atoms with E-state index in [-0.39, 0.29) is 12.4 Å². The van der Waals surface area contributed by atoms with Crippen LogP contribution in [0.1, 0.15) is 0 Å². The third kappa shape index (κ3) is 9.80. The van der Waals surface area contributed by atoms with Crippen LogP contribution in [0.3, 0.4) is 0 Å². The van der Waals surface area contributed by atoms with Gasteiger partial charge in [0.1, 0.15) is 12.4 Å². The van der Waals surface area contributed by atoms with Crippen molar-refractivity contribution in [2.45, 2.75) is 0 Å². The molecule has 2 aliphatic heterocycles. The number of nitrogens with zero attached hydrogens (tertiary/aromatic N) is 2. The smallest absolute Gasteiger partial charge is 0.119 e. The molecule has 8 heteroatoms. The molecule has 0 aromatic heterocycles. The Balaban J connectivity index is 0.000000290. The minimum absolute atomic E-state index is 0. The maximum absolute atomic E-state index is 5.63. The minimum Gasteiger partial charge on any atom is -0.492 e. The van der Waals surface area contributed by atoms with Crippen LogP contribution in [0.4, 0.5) is 5.69 Å². The minimum atomic E-state index is 0. The second-order valence-electron chi connectivity index (χ2n) is 6.01. The van der Waals surface area contributed by atoms with Gasteiger partial charge < -0.3 is 19.9 Å². The summed E-state index contributed by atoms with van der Waals surface area (Å²) in [6.45, 7) is 10.2. The summed E-state index contributed by atoms with van der Waals surface area (Å²) in [6, 6.07) is 7.50. The molecule has 2 fully saturated rings. The van der Waals surface area contributed by atoms with Crippen LogP contribution < -0.4 is 10.5 Å². The van der Waals surface area contributed by atoms with Crippen molar-refractivity contribution in [1.29, 1.82) is 0 Å². The van der Waals surface area contributed by atoms with E-state index in [1.54, 1.807) is 0 Å². The predicted octanol–water partition coefficient (Wildman–Crippen LogP) is 1.96. The highest BCUT2D eigenvalue weighted by molar-refractivity contribution is 6.18. The first-order valence-corrected chi connectivity index (χ1v) is 9.46. The fourth-order valence-corrected chi connectivity index (χ4v) is 2.86. The molecule has 0 saturated carbocycles. The molecule has 1 aromatic carbocycles. The van der Waals surface area contributed by atoms with Crippen molar-refractivity contribution >= 4 is 29.7 Å². The molecule has 3 rings (SSSR count). The van der Waals surface area contributed by atoms with Gasteiger partial charge in [-0.2, -0.15) is 0 Å². The molecule has 2 N–H and O–H groups in total. The van der Waals surface area contributed by atoms with Gasteiger partial charge in [0.15, 0.2) is 0 Å².